The van der Waals surface area contributed by atoms with E-state index in [0.29, 0.717) is 42.8 Å². The van der Waals surface area contributed by atoms with Crippen LogP contribution in [0.1, 0.15) is 45.1 Å². The van der Waals surface area contributed by atoms with Gasteiger partial charge in [0.2, 0.25) is 11.7 Å². The molecular weight excluding hydrogens is 398 g/mol. The Morgan fingerprint density at radius 3 is 2.13 bits per heavy atom. The van der Waals surface area contributed by atoms with Gasteiger partial charge in [0.25, 0.3) is 0 Å². The molecule has 0 unspecified atom stereocenters. The standard InChI is InChI=1S/C23H35N3O5/c1-23(2,3)25-22(28)26-12-16(17(13-26)21(27)24-11-14-7-8-14)15-9-18(29-4)20(31-6)19(10-15)30-5/h9-10,14,16-17H,7-8,11-13H2,1-6H3,(H,24,27)(H,25,28)/t16-,17-/m1/s1. The molecular formula is C23H35N3O5. The summed E-state index contributed by atoms with van der Waals surface area (Å²) in [6.45, 7) is 7.32. The first-order chi connectivity index (χ1) is 14.7. The van der Waals surface area contributed by atoms with Crippen molar-refractivity contribution in [3.63, 3.8) is 0 Å². The van der Waals surface area contributed by atoms with Gasteiger partial charge in [0.15, 0.2) is 11.5 Å². The number of nitrogens with zero attached hydrogens (tertiary/aromatic N) is 1. The Balaban J connectivity index is 1.89. The van der Waals surface area contributed by atoms with Crippen molar-refractivity contribution in [1.82, 2.24) is 15.5 Å². The highest BCUT2D eigenvalue weighted by Crippen LogP contribution is 2.43. The maximum Gasteiger partial charge on any atom is 0.317 e. The highest BCUT2D eigenvalue weighted by Gasteiger charge is 2.42. The third-order valence-corrected chi connectivity index (χ3v) is 5.80. The molecule has 3 amide bonds. The molecule has 2 aliphatic rings. The van der Waals surface area contributed by atoms with Crippen LogP contribution >= 0.6 is 0 Å². The topological polar surface area (TPSA) is 89.1 Å². The van der Waals surface area contributed by atoms with Crippen molar-refractivity contribution in [3.8, 4) is 17.2 Å². The van der Waals surface area contributed by atoms with E-state index < -0.39 is 0 Å². The molecule has 8 nitrogen and oxygen atoms in total. The van der Waals surface area contributed by atoms with Crippen molar-refractivity contribution < 1.29 is 23.8 Å². The van der Waals surface area contributed by atoms with E-state index in [1.54, 1.807) is 26.2 Å². The third kappa shape index (κ3) is 5.54. The number of rotatable bonds is 7. The number of urea groups is 1. The Kier molecular flexibility index (Phi) is 6.86. The largest absolute Gasteiger partial charge is 0.493 e. The van der Waals surface area contributed by atoms with Crippen molar-refractivity contribution >= 4 is 11.9 Å². The normalized spacial score (nSPS) is 20.9. The van der Waals surface area contributed by atoms with Crippen LogP contribution in [-0.2, 0) is 4.79 Å². The molecule has 1 saturated heterocycles. The minimum absolute atomic E-state index is 0.0169. The lowest BCUT2D eigenvalue weighted by atomic mass is 9.88. The van der Waals surface area contributed by atoms with Gasteiger partial charge >= 0.3 is 6.03 Å². The van der Waals surface area contributed by atoms with Crippen molar-refractivity contribution in [2.45, 2.75) is 45.1 Å². The van der Waals surface area contributed by atoms with Crippen molar-refractivity contribution in [2.75, 3.05) is 41.0 Å². The molecule has 0 bridgehead atoms. The molecule has 3 rings (SSSR count). The smallest absolute Gasteiger partial charge is 0.317 e. The van der Waals surface area contributed by atoms with Crippen LogP contribution in [0.15, 0.2) is 12.1 Å². The zero-order valence-electron chi connectivity index (χ0n) is 19.4. The quantitative estimate of drug-likeness (QED) is 0.690. The van der Waals surface area contributed by atoms with Crippen LogP contribution in [0.5, 0.6) is 17.2 Å². The Labute approximate surface area is 184 Å². The van der Waals surface area contributed by atoms with E-state index in [4.69, 9.17) is 14.2 Å². The number of likely N-dealkylation sites (tertiary alicyclic amines) is 1. The summed E-state index contributed by atoms with van der Waals surface area (Å²) < 4.78 is 16.4. The van der Waals surface area contributed by atoms with Gasteiger partial charge in [-0.05, 0) is 57.2 Å². The van der Waals surface area contributed by atoms with Crippen molar-refractivity contribution in [3.05, 3.63) is 17.7 Å². The fourth-order valence-electron chi connectivity index (χ4n) is 3.99. The van der Waals surface area contributed by atoms with Crippen molar-refractivity contribution in [1.29, 1.82) is 0 Å². The zero-order valence-corrected chi connectivity index (χ0v) is 19.4. The molecule has 8 heteroatoms. The molecule has 2 N–H and O–H groups in total. The number of carbonyl (C=O) groups excluding carboxylic acids is 2. The molecule has 0 radical (unpaired) electrons. The molecule has 2 fully saturated rings. The van der Waals surface area contributed by atoms with Gasteiger partial charge in [0.1, 0.15) is 0 Å². The predicted molar refractivity (Wildman–Crippen MR) is 118 cm³/mol. The van der Waals surface area contributed by atoms with E-state index in [0.717, 1.165) is 5.56 Å². The first-order valence-electron chi connectivity index (χ1n) is 10.8. The van der Waals surface area contributed by atoms with Gasteiger partial charge in [0, 0.05) is 31.1 Å². The van der Waals surface area contributed by atoms with Gasteiger partial charge in [-0.1, -0.05) is 0 Å². The number of amides is 3. The summed E-state index contributed by atoms with van der Waals surface area (Å²) in [5.41, 5.74) is 0.526. The summed E-state index contributed by atoms with van der Waals surface area (Å²) in [7, 11) is 4.69. The van der Waals surface area contributed by atoms with Crippen LogP contribution < -0.4 is 24.8 Å². The maximum absolute atomic E-state index is 13.1. The van der Waals surface area contributed by atoms with E-state index in [9.17, 15) is 9.59 Å². The molecule has 31 heavy (non-hydrogen) atoms. The van der Waals surface area contributed by atoms with Gasteiger partial charge in [-0.15, -0.1) is 0 Å². The first-order valence-corrected chi connectivity index (χ1v) is 10.8. The SMILES string of the molecule is COc1cc([C@H]2CN(C(=O)NC(C)(C)C)C[C@H]2C(=O)NCC2CC2)cc(OC)c1OC. The van der Waals surface area contributed by atoms with Crippen LogP contribution in [0.4, 0.5) is 4.79 Å². The van der Waals surface area contributed by atoms with Crippen LogP contribution in [0.2, 0.25) is 0 Å². The number of nitrogens with one attached hydrogen (secondary N) is 2. The highest BCUT2D eigenvalue weighted by molar-refractivity contribution is 5.83. The van der Waals surface area contributed by atoms with E-state index in [1.165, 1.54) is 12.8 Å². The molecule has 172 valence electrons. The van der Waals surface area contributed by atoms with Gasteiger partial charge in [-0.3, -0.25) is 4.79 Å². The fraction of sp³-hybridized carbons (Fsp3) is 0.652. The van der Waals surface area contributed by atoms with Crippen LogP contribution in [0.25, 0.3) is 0 Å². The number of benzene rings is 1. The zero-order chi connectivity index (χ0) is 22.8. The summed E-state index contributed by atoms with van der Waals surface area (Å²) >= 11 is 0. The average molecular weight is 434 g/mol. The number of methoxy groups -OCH3 is 3. The van der Waals surface area contributed by atoms with Gasteiger partial charge in [-0.2, -0.15) is 0 Å². The monoisotopic (exact) mass is 433 g/mol. The van der Waals surface area contributed by atoms with Crippen LogP contribution in [-0.4, -0.2) is 63.3 Å². The van der Waals surface area contributed by atoms with E-state index in [2.05, 4.69) is 10.6 Å². The highest BCUT2D eigenvalue weighted by atomic mass is 16.5. The molecule has 1 aromatic carbocycles. The number of carbonyl (C=O) groups is 2. The second-order valence-corrected chi connectivity index (χ2v) is 9.45. The van der Waals surface area contributed by atoms with Gasteiger partial charge in [0.05, 0.1) is 27.2 Å². The van der Waals surface area contributed by atoms with Crippen LogP contribution in [0.3, 0.4) is 0 Å². The molecule has 1 aliphatic carbocycles. The summed E-state index contributed by atoms with van der Waals surface area (Å²) in [6, 6.07) is 3.58. The molecule has 1 saturated carbocycles. The second kappa shape index (κ2) is 9.24. The van der Waals surface area contributed by atoms with E-state index in [1.807, 2.05) is 32.9 Å². The predicted octanol–water partition coefficient (Wildman–Crippen LogP) is 2.76. The molecule has 2 atom stereocenters. The Bertz CT molecular complexity index is 791. The first kappa shape index (κ1) is 23.0. The summed E-state index contributed by atoms with van der Waals surface area (Å²) in [5, 5.41) is 6.09. The summed E-state index contributed by atoms with van der Waals surface area (Å²) in [4.78, 5) is 27.7. The fourth-order valence-corrected chi connectivity index (χ4v) is 3.99. The average Bonchev–Trinajstić information content (AvgIpc) is 3.44. The van der Waals surface area contributed by atoms with Crippen LogP contribution in [0, 0.1) is 11.8 Å². The molecule has 1 heterocycles. The summed E-state index contributed by atoms with van der Waals surface area (Å²) in [6.07, 6.45) is 2.34. The maximum atomic E-state index is 13.1. The summed E-state index contributed by atoms with van der Waals surface area (Å²) in [5.74, 6) is 1.61. The van der Waals surface area contributed by atoms with Gasteiger partial charge < -0.3 is 29.7 Å². The molecule has 1 aromatic rings. The lowest BCUT2D eigenvalue weighted by Gasteiger charge is -2.25. The Morgan fingerprint density at radius 2 is 1.65 bits per heavy atom. The lowest BCUT2D eigenvalue weighted by Crippen LogP contribution is -2.48. The van der Waals surface area contributed by atoms with E-state index >= 15 is 0 Å². The molecule has 0 aromatic heterocycles. The Hall–Kier alpha value is -2.64. The molecule has 1 aliphatic heterocycles. The van der Waals surface area contributed by atoms with E-state index in [-0.39, 0.29) is 29.3 Å². The number of ether oxygens (including phenoxy) is 3. The third-order valence-electron chi connectivity index (χ3n) is 5.80. The molecule has 0 spiro atoms. The second-order valence-electron chi connectivity index (χ2n) is 9.45. The minimum atomic E-state index is -0.356. The number of hydrogen-bond donors (Lipinski definition) is 2. The minimum Gasteiger partial charge on any atom is -0.493 e. The Morgan fingerprint density at radius 1 is 1.03 bits per heavy atom. The lowest BCUT2D eigenvalue weighted by molar-refractivity contribution is -0.125. The number of hydrogen-bond acceptors (Lipinski definition) is 5. The van der Waals surface area contributed by atoms with Gasteiger partial charge in [-0.25, -0.2) is 4.79 Å². The van der Waals surface area contributed by atoms with Crippen molar-refractivity contribution in [2.24, 2.45) is 11.8 Å².